The van der Waals surface area contributed by atoms with Crippen LogP contribution in [-0.4, -0.2) is 12.1 Å². The molecule has 2 heteroatoms. The van der Waals surface area contributed by atoms with Gasteiger partial charge in [-0.3, -0.25) is 0 Å². The van der Waals surface area contributed by atoms with Gasteiger partial charge in [-0.05, 0) is 45.2 Å². The number of hydrogen-bond acceptors (Lipinski definition) is 2. The molecule has 124 valence electrons. The van der Waals surface area contributed by atoms with Crippen LogP contribution in [0.1, 0.15) is 82.0 Å². The van der Waals surface area contributed by atoms with E-state index in [0.29, 0.717) is 6.04 Å². The summed E-state index contributed by atoms with van der Waals surface area (Å²) in [5, 5.41) is 3.81. The van der Waals surface area contributed by atoms with Crippen LogP contribution in [-0.2, 0) is 0 Å². The zero-order valence-corrected chi connectivity index (χ0v) is 15.1. The first kappa shape index (κ1) is 17.3. The van der Waals surface area contributed by atoms with Crippen LogP contribution in [0.2, 0.25) is 0 Å². The fourth-order valence-corrected chi connectivity index (χ4v) is 3.64. The molecule has 1 atom stereocenters. The van der Waals surface area contributed by atoms with Crippen LogP contribution in [0.5, 0.6) is 5.75 Å². The molecule has 2 rings (SSSR count). The minimum Gasteiger partial charge on any atom is -0.487 e. The number of hydrogen-bond donors (Lipinski definition) is 1. The lowest BCUT2D eigenvalue weighted by molar-refractivity contribution is 0.0220. The van der Waals surface area contributed by atoms with E-state index in [-0.39, 0.29) is 5.60 Å². The van der Waals surface area contributed by atoms with Crippen LogP contribution in [0.25, 0.3) is 0 Å². The van der Waals surface area contributed by atoms with Crippen molar-refractivity contribution in [2.75, 3.05) is 6.54 Å². The van der Waals surface area contributed by atoms with E-state index in [1.165, 1.54) is 36.0 Å². The van der Waals surface area contributed by atoms with E-state index in [1.54, 1.807) is 0 Å². The summed E-state index contributed by atoms with van der Waals surface area (Å²) in [6.45, 7) is 12.2. The van der Waals surface area contributed by atoms with Crippen molar-refractivity contribution >= 4 is 0 Å². The van der Waals surface area contributed by atoms with Crippen molar-refractivity contribution < 1.29 is 4.74 Å². The Morgan fingerprint density at radius 2 is 1.86 bits per heavy atom. The summed E-state index contributed by atoms with van der Waals surface area (Å²) in [6, 6.07) is 4.99. The summed E-state index contributed by atoms with van der Waals surface area (Å²) >= 11 is 0. The highest BCUT2D eigenvalue weighted by Crippen LogP contribution is 2.44. The van der Waals surface area contributed by atoms with E-state index >= 15 is 0 Å². The van der Waals surface area contributed by atoms with Gasteiger partial charge in [0.25, 0.3) is 0 Å². The Labute approximate surface area is 136 Å². The van der Waals surface area contributed by atoms with Crippen LogP contribution in [0.15, 0.2) is 12.1 Å². The highest BCUT2D eigenvalue weighted by Gasteiger charge is 2.38. The molecule has 0 saturated heterocycles. The quantitative estimate of drug-likeness (QED) is 0.675. The third-order valence-corrected chi connectivity index (χ3v) is 5.18. The van der Waals surface area contributed by atoms with Gasteiger partial charge in [0.05, 0.1) is 0 Å². The van der Waals surface area contributed by atoms with Crippen LogP contribution in [0.3, 0.4) is 0 Å². The van der Waals surface area contributed by atoms with Gasteiger partial charge in [-0.1, -0.05) is 51.3 Å². The summed E-state index contributed by atoms with van der Waals surface area (Å²) in [5.74, 6) is 1.13. The number of rotatable bonds is 7. The number of benzene rings is 1. The second-order valence-corrected chi connectivity index (χ2v) is 6.91. The van der Waals surface area contributed by atoms with E-state index in [4.69, 9.17) is 4.74 Å². The van der Waals surface area contributed by atoms with Crippen LogP contribution in [0.4, 0.5) is 0 Å². The molecule has 0 aromatic heterocycles. The minimum atomic E-state index is -0.00452. The molecule has 0 amide bonds. The molecule has 0 bridgehead atoms. The van der Waals surface area contributed by atoms with Gasteiger partial charge in [0.15, 0.2) is 0 Å². The molecule has 1 unspecified atom stereocenters. The molecular formula is C20H33NO. The second kappa shape index (κ2) is 7.50. The maximum absolute atomic E-state index is 6.52. The number of ether oxygens (including phenoxy) is 1. The molecule has 0 spiro atoms. The molecule has 1 N–H and O–H groups in total. The van der Waals surface area contributed by atoms with Crippen molar-refractivity contribution in [2.24, 2.45) is 0 Å². The number of aryl methyl sites for hydroxylation is 2. The Hall–Kier alpha value is -1.02. The number of nitrogens with one attached hydrogen (secondary N) is 1. The first-order valence-corrected chi connectivity index (χ1v) is 9.08. The fourth-order valence-electron chi connectivity index (χ4n) is 3.64. The molecule has 2 nitrogen and oxygen atoms in total. The van der Waals surface area contributed by atoms with Gasteiger partial charge >= 0.3 is 0 Å². The Morgan fingerprint density at radius 3 is 2.50 bits per heavy atom. The Balaban J connectivity index is 2.27. The van der Waals surface area contributed by atoms with E-state index in [0.717, 1.165) is 31.6 Å². The van der Waals surface area contributed by atoms with Gasteiger partial charge in [0.2, 0.25) is 0 Å². The molecule has 0 radical (unpaired) electrons. The fraction of sp³-hybridized carbons (Fsp3) is 0.700. The summed E-state index contributed by atoms with van der Waals surface area (Å²) in [7, 11) is 0. The van der Waals surface area contributed by atoms with Gasteiger partial charge < -0.3 is 10.1 Å². The van der Waals surface area contributed by atoms with Crippen LogP contribution < -0.4 is 10.1 Å². The second-order valence-electron chi connectivity index (χ2n) is 6.91. The topological polar surface area (TPSA) is 21.3 Å². The molecule has 22 heavy (non-hydrogen) atoms. The number of unbranched alkanes of at least 4 members (excludes halogenated alkanes) is 2. The average molecular weight is 303 g/mol. The predicted octanol–water partition coefficient (Wildman–Crippen LogP) is 5.47. The van der Waals surface area contributed by atoms with E-state index in [9.17, 15) is 0 Å². The largest absolute Gasteiger partial charge is 0.487 e. The zero-order chi connectivity index (χ0) is 16.2. The minimum absolute atomic E-state index is 0.00452. The van der Waals surface area contributed by atoms with Gasteiger partial charge in [-0.25, -0.2) is 0 Å². The Morgan fingerprint density at radius 1 is 1.14 bits per heavy atom. The van der Waals surface area contributed by atoms with E-state index < -0.39 is 0 Å². The third kappa shape index (κ3) is 3.65. The van der Waals surface area contributed by atoms with E-state index in [2.05, 4.69) is 52.1 Å². The first-order chi connectivity index (χ1) is 10.5. The van der Waals surface area contributed by atoms with Gasteiger partial charge in [-0.15, -0.1) is 0 Å². The predicted molar refractivity (Wildman–Crippen MR) is 94.7 cm³/mol. The lowest BCUT2D eigenvalue weighted by Gasteiger charge is -2.42. The van der Waals surface area contributed by atoms with Crippen LogP contribution in [0, 0.1) is 13.8 Å². The van der Waals surface area contributed by atoms with Crippen molar-refractivity contribution in [2.45, 2.75) is 84.8 Å². The molecule has 1 aliphatic heterocycles. The lowest BCUT2D eigenvalue weighted by atomic mass is 9.82. The molecule has 0 fully saturated rings. The van der Waals surface area contributed by atoms with Gasteiger partial charge in [0, 0.05) is 18.0 Å². The SMILES string of the molecule is CCCCCNC1CC(CC)(CC)Oc2c(C)cc(C)cc21. The molecule has 1 aromatic rings. The third-order valence-electron chi connectivity index (χ3n) is 5.18. The Bertz CT molecular complexity index is 491. The summed E-state index contributed by atoms with van der Waals surface area (Å²) in [5.41, 5.74) is 3.98. The van der Waals surface area contributed by atoms with Crippen molar-refractivity contribution in [3.05, 3.63) is 28.8 Å². The number of fused-ring (bicyclic) bond motifs is 1. The monoisotopic (exact) mass is 303 g/mol. The molecular weight excluding hydrogens is 270 g/mol. The summed E-state index contributed by atoms with van der Waals surface area (Å²) in [6.07, 6.45) is 7.08. The van der Waals surface area contributed by atoms with Crippen LogP contribution >= 0.6 is 0 Å². The standard InChI is InChI=1S/C20H33NO/c1-6-9-10-11-21-18-14-20(7-2,8-3)22-19-16(5)12-15(4)13-17(18)19/h12-13,18,21H,6-11,14H2,1-5H3. The lowest BCUT2D eigenvalue weighted by Crippen LogP contribution is -2.43. The highest BCUT2D eigenvalue weighted by molar-refractivity contribution is 5.47. The van der Waals surface area contributed by atoms with Crippen molar-refractivity contribution in [1.82, 2.24) is 5.32 Å². The molecule has 0 saturated carbocycles. The van der Waals surface area contributed by atoms with Gasteiger partial charge in [-0.2, -0.15) is 0 Å². The van der Waals surface area contributed by atoms with Crippen molar-refractivity contribution in [3.63, 3.8) is 0 Å². The first-order valence-electron chi connectivity index (χ1n) is 9.08. The molecule has 0 aliphatic carbocycles. The van der Waals surface area contributed by atoms with Gasteiger partial charge in [0.1, 0.15) is 11.4 Å². The highest BCUT2D eigenvalue weighted by atomic mass is 16.5. The molecule has 1 heterocycles. The zero-order valence-electron chi connectivity index (χ0n) is 15.1. The average Bonchev–Trinajstić information content (AvgIpc) is 2.52. The van der Waals surface area contributed by atoms with Crippen molar-refractivity contribution in [1.29, 1.82) is 0 Å². The smallest absolute Gasteiger partial charge is 0.127 e. The Kier molecular flexibility index (Phi) is 5.91. The summed E-state index contributed by atoms with van der Waals surface area (Å²) < 4.78 is 6.52. The van der Waals surface area contributed by atoms with Crippen molar-refractivity contribution in [3.8, 4) is 5.75 Å². The molecule has 1 aliphatic rings. The van der Waals surface area contributed by atoms with E-state index in [1.807, 2.05) is 0 Å². The normalized spacial score (nSPS) is 19.6. The summed E-state index contributed by atoms with van der Waals surface area (Å²) in [4.78, 5) is 0. The maximum Gasteiger partial charge on any atom is 0.127 e. The molecule has 1 aromatic carbocycles. The maximum atomic E-state index is 6.52.